The number of nitrogens with one attached hydrogen (secondary N) is 1. The molecule has 4 rings (SSSR count). The summed E-state index contributed by atoms with van der Waals surface area (Å²) in [5.41, 5.74) is 3.00. The van der Waals surface area contributed by atoms with Gasteiger partial charge >= 0.3 is 0 Å². The Bertz CT molecular complexity index is 1170. The molecule has 144 valence electrons. The minimum Gasteiger partial charge on any atom is -0.325 e. The Labute approximate surface area is 172 Å². The summed E-state index contributed by atoms with van der Waals surface area (Å²) in [6, 6.07) is 22.4. The van der Waals surface area contributed by atoms with Crippen molar-refractivity contribution in [2.45, 2.75) is 17.3 Å². The van der Waals surface area contributed by atoms with Crippen molar-refractivity contribution in [1.29, 1.82) is 0 Å². The first-order valence-corrected chi connectivity index (χ1v) is 10.1. The van der Waals surface area contributed by atoms with Crippen molar-refractivity contribution in [3.8, 4) is 0 Å². The van der Waals surface area contributed by atoms with E-state index in [1.807, 2.05) is 59.1 Å². The van der Waals surface area contributed by atoms with Gasteiger partial charge < -0.3 is 5.32 Å². The number of carbonyl (C=O) groups excluding carboxylic acids is 2. The Morgan fingerprint density at radius 1 is 1.00 bits per heavy atom. The number of hydrogen-bond donors (Lipinski definition) is 1. The van der Waals surface area contributed by atoms with Gasteiger partial charge in [0.1, 0.15) is 5.25 Å². The molecule has 0 aliphatic heterocycles. The molecule has 2 aromatic heterocycles. The molecule has 0 aliphatic carbocycles. The van der Waals surface area contributed by atoms with Crippen LogP contribution < -0.4 is 5.32 Å². The van der Waals surface area contributed by atoms with Gasteiger partial charge in [-0.05, 0) is 36.8 Å². The average Bonchev–Trinajstić information content (AvgIpc) is 3.15. The summed E-state index contributed by atoms with van der Waals surface area (Å²) < 4.78 is 1.96. The van der Waals surface area contributed by atoms with E-state index < -0.39 is 5.25 Å². The van der Waals surface area contributed by atoms with E-state index in [4.69, 9.17) is 0 Å². The fraction of sp³-hybridized carbons (Fsp3) is 0.0870. The van der Waals surface area contributed by atoms with Crippen molar-refractivity contribution in [3.63, 3.8) is 0 Å². The van der Waals surface area contributed by atoms with Gasteiger partial charge in [0.25, 0.3) is 0 Å². The minimum atomic E-state index is -0.497. The summed E-state index contributed by atoms with van der Waals surface area (Å²) in [6.07, 6.45) is 3.72. The van der Waals surface area contributed by atoms with Gasteiger partial charge in [0.05, 0.1) is 11.7 Å². The number of ketones is 1. The minimum absolute atomic E-state index is 0.0426. The molecule has 1 amide bonds. The van der Waals surface area contributed by atoms with E-state index in [0.29, 0.717) is 11.3 Å². The fourth-order valence-electron chi connectivity index (χ4n) is 3.04. The molecule has 2 aromatic carbocycles. The van der Waals surface area contributed by atoms with Crippen molar-refractivity contribution in [3.05, 3.63) is 96.3 Å². The van der Waals surface area contributed by atoms with E-state index >= 15 is 0 Å². The Hall–Kier alpha value is -3.38. The third-order valence-electron chi connectivity index (χ3n) is 4.51. The molecule has 1 atom stereocenters. The maximum Gasteiger partial charge on any atom is 0.242 e. The van der Waals surface area contributed by atoms with Crippen LogP contribution in [0.2, 0.25) is 0 Å². The van der Waals surface area contributed by atoms with Crippen LogP contribution in [0.3, 0.4) is 0 Å². The predicted molar refractivity (Wildman–Crippen MR) is 115 cm³/mol. The van der Waals surface area contributed by atoms with Crippen molar-refractivity contribution in [2.24, 2.45) is 0 Å². The average molecular weight is 401 g/mol. The second-order valence-electron chi connectivity index (χ2n) is 6.57. The molecule has 0 radical (unpaired) electrons. The number of pyridine rings is 1. The van der Waals surface area contributed by atoms with Crippen LogP contribution in [0.1, 0.15) is 28.1 Å². The van der Waals surface area contributed by atoms with Gasteiger partial charge in [-0.3, -0.25) is 14.0 Å². The maximum atomic E-state index is 13.2. The summed E-state index contributed by atoms with van der Waals surface area (Å²) in [6.45, 7) is 1.51. The number of amides is 1. The highest BCUT2D eigenvalue weighted by Crippen LogP contribution is 2.35. The maximum absolute atomic E-state index is 13.2. The van der Waals surface area contributed by atoms with E-state index in [0.717, 1.165) is 16.2 Å². The standard InChI is InChI=1S/C23H19N3O2S/c1-16(27)18-10-7-11-19(14-18)25-22(28)21(17-8-3-2-4-9-17)29-23-24-15-20-12-5-6-13-26(20)23/h2-15,21H,1H3,(H,25,28). The third-order valence-corrected chi connectivity index (χ3v) is 5.74. The number of fused-ring (bicyclic) bond motifs is 1. The SMILES string of the molecule is CC(=O)c1cccc(NC(=O)C(Sc2ncc3ccccn23)c2ccccc2)c1. The molecule has 0 fully saturated rings. The van der Waals surface area contributed by atoms with Gasteiger partial charge in [0, 0.05) is 17.4 Å². The Balaban J connectivity index is 1.65. The van der Waals surface area contributed by atoms with Crippen LogP contribution in [0.4, 0.5) is 5.69 Å². The predicted octanol–water partition coefficient (Wildman–Crippen LogP) is 5.01. The zero-order valence-corrected chi connectivity index (χ0v) is 16.6. The van der Waals surface area contributed by atoms with Crippen LogP contribution >= 0.6 is 11.8 Å². The lowest BCUT2D eigenvalue weighted by Crippen LogP contribution is -2.19. The van der Waals surface area contributed by atoms with E-state index in [2.05, 4.69) is 10.3 Å². The molecular weight excluding hydrogens is 382 g/mol. The van der Waals surface area contributed by atoms with Gasteiger partial charge in [-0.1, -0.05) is 60.3 Å². The molecule has 6 heteroatoms. The van der Waals surface area contributed by atoms with Gasteiger partial charge in [0.2, 0.25) is 5.91 Å². The van der Waals surface area contributed by atoms with Gasteiger partial charge in [-0.2, -0.15) is 0 Å². The highest BCUT2D eigenvalue weighted by Gasteiger charge is 2.24. The van der Waals surface area contributed by atoms with Gasteiger partial charge in [-0.25, -0.2) is 4.98 Å². The molecule has 0 saturated carbocycles. The van der Waals surface area contributed by atoms with E-state index in [-0.39, 0.29) is 11.7 Å². The van der Waals surface area contributed by atoms with Crippen molar-refractivity contribution >= 4 is 34.7 Å². The molecule has 1 N–H and O–H groups in total. The molecule has 0 spiro atoms. The molecule has 0 aliphatic rings. The lowest BCUT2D eigenvalue weighted by molar-refractivity contribution is -0.115. The molecule has 29 heavy (non-hydrogen) atoms. The lowest BCUT2D eigenvalue weighted by atomic mass is 10.1. The zero-order chi connectivity index (χ0) is 20.2. The molecule has 0 bridgehead atoms. The number of aromatic nitrogens is 2. The second-order valence-corrected chi connectivity index (χ2v) is 7.64. The Morgan fingerprint density at radius 2 is 1.79 bits per heavy atom. The highest BCUT2D eigenvalue weighted by molar-refractivity contribution is 8.00. The zero-order valence-electron chi connectivity index (χ0n) is 15.8. The van der Waals surface area contributed by atoms with Crippen molar-refractivity contribution in [2.75, 3.05) is 5.32 Å². The van der Waals surface area contributed by atoms with Crippen LogP contribution in [0.25, 0.3) is 5.52 Å². The molecule has 2 heterocycles. The quantitative estimate of drug-likeness (QED) is 0.364. The van der Waals surface area contributed by atoms with Gasteiger partial charge in [-0.15, -0.1) is 0 Å². The summed E-state index contributed by atoms with van der Waals surface area (Å²) in [5, 5.41) is 3.19. The Morgan fingerprint density at radius 3 is 2.59 bits per heavy atom. The summed E-state index contributed by atoms with van der Waals surface area (Å²) in [7, 11) is 0. The van der Waals surface area contributed by atoms with Crippen molar-refractivity contribution in [1.82, 2.24) is 9.38 Å². The van der Waals surface area contributed by atoms with Crippen LogP contribution in [0.15, 0.2) is 90.3 Å². The van der Waals surface area contributed by atoms with E-state index in [1.54, 1.807) is 30.5 Å². The fourth-order valence-corrected chi connectivity index (χ4v) is 4.10. The number of hydrogen-bond acceptors (Lipinski definition) is 4. The van der Waals surface area contributed by atoms with Crippen LogP contribution in [-0.2, 0) is 4.79 Å². The summed E-state index contributed by atoms with van der Waals surface area (Å²) >= 11 is 1.39. The number of benzene rings is 2. The number of Topliss-reactive ketones (excluding diaryl/α,β-unsaturated/α-hetero) is 1. The number of rotatable bonds is 6. The number of thioether (sulfide) groups is 1. The number of nitrogens with zero attached hydrogens (tertiary/aromatic N) is 2. The van der Waals surface area contributed by atoms with E-state index in [9.17, 15) is 9.59 Å². The Kier molecular flexibility index (Phi) is 5.44. The number of carbonyl (C=O) groups is 2. The van der Waals surface area contributed by atoms with Crippen LogP contribution in [0.5, 0.6) is 0 Å². The van der Waals surface area contributed by atoms with Crippen LogP contribution in [0, 0.1) is 0 Å². The van der Waals surface area contributed by atoms with Crippen LogP contribution in [-0.4, -0.2) is 21.1 Å². The third kappa shape index (κ3) is 4.22. The molecule has 4 aromatic rings. The molecule has 0 saturated heterocycles. The molecular formula is C23H19N3O2S. The largest absolute Gasteiger partial charge is 0.325 e. The first-order chi connectivity index (χ1) is 14.1. The molecule has 5 nitrogen and oxygen atoms in total. The van der Waals surface area contributed by atoms with E-state index in [1.165, 1.54) is 18.7 Å². The first kappa shape index (κ1) is 19.0. The van der Waals surface area contributed by atoms with Crippen molar-refractivity contribution < 1.29 is 9.59 Å². The first-order valence-electron chi connectivity index (χ1n) is 9.17. The summed E-state index contributed by atoms with van der Waals surface area (Å²) in [4.78, 5) is 29.3. The normalized spacial score (nSPS) is 11.9. The smallest absolute Gasteiger partial charge is 0.242 e. The topological polar surface area (TPSA) is 63.5 Å². The second kappa shape index (κ2) is 8.32. The lowest BCUT2D eigenvalue weighted by Gasteiger charge is -2.16. The monoisotopic (exact) mass is 401 g/mol. The molecule has 1 unspecified atom stereocenters. The number of anilines is 1. The van der Waals surface area contributed by atoms with Gasteiger partial charge in [0.15, 0.2) is 10.9 Å². The highest BCUT2D eigenvalue weighted by atomic mass is 32.2. The number of imidazole rings is 1. The summed E-state index contributed by atoms with van der Waals surface area (Å²) in [5.74, 6) is -0.214.